The summed E-state index contributed by atoms with van der Waals surface area (Å²) in [5, 5.41) is 13.0. The molecule has 0 saturated carbocycles. The van der Waals surface area contributed by atoms with Crippen LogP contribution < -0.4 is 5.32 Å². The molecular formula is C14H23N5O2. The Labute approximate surface area is 124 Å². The lowest BCUT2D eigenvalue weighted by Crippen LogP contribution is -2.43. The van der Waals surface area contributed by atoms with E-state index >= 15 is 0 Å². The number of hydrogen-bond donors (Lipinski definition) is 2. The summed E-state index contributed by atoms with van der Waals surface area (Å²) < 4.78 is 0. The number of amides is 2. The number of nitrogens with zero attached hydrogens (tertiary/aromatic N) is 3. The molecule has 0 spiro atoms. The normalized spacial score (nSPS) is 16.3. The molecule has 1 fully saturated rings. The van der Waals surface area contributed by atoms with Gasteiger partial charge in [0.25, 0.3) is 5.91 Å². The van der Waals surface area contributed by atoms with Crippen molar-refractivity contribution >= 4 is 11.8 Å². The van der Waals surface area contributed by atoms with E-state index in [2.05, 4.69) is 20.7 Å². The monoisotopic (exact) mass is 293 g/mol. The average molecular weight is 293 g/mol. The fourth-order valence-electron chi connectivity index (χ4n) is 2.54. The standard InChI is InChI=1S/C14H23N5O2/c1-9(2)14(21)19-6-4-11(5-7-19)8-15-13(20)12-10(3)16-18-17-12/h9,11H,4-8H2,1-3H3,(H,15,20)(H,16,17,18). The predicted octanol–water partition coefficient (Wildman–Crippen LogP) is 0.738. The first-order valence-electron chi connectivity index (χ1n) is 7.43. The molecular weight excluding hydrogens is 270 g/mol. The zero-order valence-corrected chi connectivity index (χ0v) is 12.8. The number of H-pyrrole nitrogens is 1. The van der Waals surface area contributed by atoms with E-state index in [9.17, 15) is 9.59 Å². The quantitative estimate of drug-likeness (QED) is 0.856. The highest BCUT2D eigenvalue weighted by Gasteiger charge is 2.24. The van der Waals surface area contributed by atoms with Crippen LogP contribution in [-0.4, -0.2) is 51.8 Å². The van der Waals surface area contributed by atoms with Gasteiger partial charge < -0.3 is 10.2 Å². The van der Waals surface area contributed by atoms with Crippen LogP contribution in [0.3, 0.4) is 0 Å². The third-order valence-electron chi connectivity index (χ3n) is 3.91. The predicted molar refractivity (Wildman–Crippen MR) is 77.6 cm³/mol. The Balaban J connectivity index is 1.76. The van der Waals surface area contributed by atoms with Gasteiger partial charge in [0.2, 0.25) is 5.91 Å². The summed E-state index contributed by atoms with van der Waals surface area (Å²) in [7, 11) is 0. The minimum atomic E-state index is -0.193. The van der Waals surface area contributed by atoms with E-state index in [0.717, 1.165) is 25.9 Å². The van der Waals surface area contributed by atoms with Crippen LogP contribution in [0.15, 0.2) is 0 Å². The number of nitrogens with one attached hydrogen (secondary N) is 2. The molecule has 7 nitrogen and oxygen atoms in total. The molecule has 1 saturated heterocycles. The minimum Gasteiger partial charge on any atom is -0.350 e. The van der Waals surface area contributed by atoms with Gasteiger partial charge in [0.15, 0.2) is 5.69 Å². The third-order valence-corrected chi connectivity index (χ3v) is 3.91. The molecule has 0 bridgehead atoms. The third kappa shape index (κ3) is 3.80. The molecule has 2 amide bonds. The first kappa shape index (κ1) is 15.5. The van der Waals surface area contributed by atoms with Gasteiger partial charge >= 0.3 is 0 Å². The summed E-state index contributed by atoms with van der Waals surface area (Å²) in [5.41, 5.74) is 0.951. The second kappa shape index (κ2) is 6.69. The van der Waals surface area contributed by atoms with E-state index in [1.807, 2.05) is 18.7 Å². The lowest BCUT2D eigenvalue weighted by Gasteiger charge is -2.33. The number of aryl methyl sites for hydroxylation is 1. The Morgan fingerprint density at radius 3 is 2.52 bits per heavy atom. The van der Waals surface area contributed by atoms with E-state index in [0.29, 0.717) is 23.9 Å². The lowest BCUT2D eigenvalue weighted by molar-refractivity contribution is -0.135. The Bertz CT molecular complexity index is 503. The van der Waals surface area contributed by atoms with Gasteiger partial charge in [-0.2, -0.15) is 15.4 Å². The first-order valence-corrected chi connectivity index (χ1v) is 7.43. The van der Waals surface area contributed by atoms with Crippen molar-refractivity contribution in [2.24, 2.45) is 11.8 Å². The zero-order chi connectivity index (χ0) is 15.4. The molecule has 0 atom stereocenters. The van der Waals surface area contributed by atoms with Gasteiger partial charge in [-0.25, -0.2) is 0 Å². The van der Waals surface area contributed by atoms with Crippen LogP contribution in [0.4, 0.5) is 0 Å². The molecule has 2 N–H and O–H groups in total. The minimum absolute atomic E-state index is 0.0522. The van der Waals surface area contributed by atoms with Crippen LogP contribution in [0.2, 0.25) is 0 Å². The van der Waals surface area contributed by atoms with E-state index in [-0.39, 0.29) is 17.7 Å². The van der Waals surface area contributed by atoms with Crippen molar-refractivity contribution in [3.63, 3.8) is 0 Å². The smallest absolute Gasteiger partial charge is 0.273 e. The molecule has 0 radical (unpaired) electrons. The number of aromatic amines is 1. The molecule has 1 aromatic rings. The summed E-state index contributed by atoms with van der Waals surface area (Å²) in [6, 6.07) is 0. The number of rotatable bonds is 4. The van der Waals surface area contributed by atoms with Crippen LogP contribution in [0.1, 0.15) is 42.9 Å². The Morgan fingerprint density at radius 2 is 2.00 bits per heavy atom. The molecule has 0 aromatic carbocycles. The molecule has 0 aliphatic carbocycles. The van der Waals surface area contributed by atoms with E-state index in [1.165, 1.54) is 0 Å². The number of piperidine rings is 1. The average Bonchev–Trinajstić information content (AvgIpc) is 2.90. The summed E-state index contributed by atoms with van der Waals surface area (Å²) in [6.07, 6.45) is 1.85. The number of likely N-dealkylation sites (tertiary alicyclic amines) is 1. The number of carbonyl (C=O) groups is 2. The molecule has 2 heterocycles. The maximum Gasteiger partial charge on any atom is 0.273 e. The SMILES string of the molecule is Cc1n[nH]nc1C(=O)NCC1CCN(C(=O)C(C)C)CC1. The van der Waals surface area contributed by atoms with Crippen LogP contribution in [0, 0.1) is 18.8 Å². The van der Waals surface area contributed by atoms with Crippen LogP contribution in [0.5, 0.6) is 0 Å². The first-order chi connectivity index (χ1) is 9.99. The van der Waals surface area contributed by atoms with Crippen LogP contribution >= 0.6 is 0 Å². The van der Waals surface area contributed by atoms with Gasteiger partial charge in [0, 0.05) is 25.6 Å². The van der Waals surface area contributed by atoms with Gasteiger partial charge in [-0.3, -0.25) is 9.59 Å². The van der Waals surface area contributed by atoms with Gasteiger partial charge in [-0.1, -0.05) is 13.8 Å². The largest absolute Gasteiger partial charge is 0.350 e. The highest BCUT2D eigenvalue weighted by Crippen LogP contribution is 2.18. The maximum atomic E-state index is 11.9. The van der Waals surface area contributed by atoms with Crippen LogP contribution in [-0.2, 0) is 4.79 Å². The van der Waals surface area contributed by atoms with Crippen molar-refractivity contribution in [3.05, 3.63) is 11.4 Å². The summed E-state index contributed by atoms with van der Waals surface area (Å²) in [4.78, 5) is 25.8. The molecule has 116 valence electrons. The highest BCUT2D eigenvalue weighted by molar-refractivity contribution is 5.93. The molecule has 0 unspecified atom stereocenters. The van der Waals surface area contributed by atoms with Gasteiger partial charge in [-0.05, 0) is 25.7 Å². The van der Waals surface area contributed by atoms with Gasteiger partial charge in [0.1, 0.15) is 0 Å². The second-order valence-electron chi connectivity index (χ2n) is 5.89. The van der Waals surface area contributed by atoms with Crippen LogP contribution in [0.25, 0.3) is 0 Å². The lowest BCUT2D eigenvalue weighted by atomic mass is 9.96. The van der Waals surface area contributed by atoms with Crippen molar-refractivity contribution in [1.82, 2.24) is 25.6 Å². The molecule has 1 aliphatic heterocycles. The molecule has 1 aliphatic rings. The Hall–Kier alpha value is -1.92. The Kier molecular flexibility index (Phi) is 4.93. The summed E-state index contributed by atoms with van der Waals surface area (Å²) in [5.74, 6) is 0.492. The molecule has 21 heavy (non-hydrogen) atoms. The molecule has 7 heteroatoms. The topological polar surface area (TPSA) is 91.0 Å². The van der Waals surface area contributed by atoms with Crippen molar-refractivity contribution in [2.75, 3.05) is 19.6 Å². The van der Waals surface area contributed by atoms with E-state index in [4.69, 9.17) is 0 Å². The van der Waals surface area contributed by atoms with Crippen molar-refractivity contribution in [3.8, 4) is 0 Å². The number of carbonyl (C=O) groups excluding carboxylic acids is 2. The van der Waals surface area contributed by atoms with Crippen molar-refractivity contribution < 1.29 is 9.59 Å². The fraction of sp³-hybridized carbons (Fsp3) is 0.714. The number of hydrogen-bond acceptors (Lipinski definition) is 4. The summed E-state index contributed by atoms with van der Waals surface area (Å²) >= 11 is 0. The van der Waals surface area contributed by atoms with Gasteiger partial charge in [-0.15, -0.1) is 0 Å². The maximum absolute atomic E-state index is 11.9. The second-order valence-corrected chi connectivity index (χ2v) is 5.89. The van der Waals surface area contributed by atoms with Crippen molar-refractivity contribution in [2.45, 2.75) is 33.6 Å². The summed E-state index contributed by atoms with van der Waals surface area (Å²) in [6.45, 7) is 7.77. The fourth-order valence-corrected chi connectivity index (χ4v) is 2.54. The van der Waals surface area contributed by atoms with Gasteiger partial charge in [0.05, 0.1) is 5.69 Å². The molecule has 2 rings (SSSR count). The highest BCUT2D eigenvalue weighted by atomic mass is 16.2. The number of aromatic nitrogens is 3. The van der Waals surface area contributed by atoms with E-state index in [1.54, 1.807) is 6.92 Å². The van der Waals surface area contributed by atoms with Crippen molar-refractivity contribution in [1.29, 1.82) is 0 Å². The molecule has 1 aromatic heterocycles. The zero-order valence-electron chi connectivity index (χ0n) is 12.8. The van der Waals surface area contributed by atoms with E-state index < -0.39 is 0 Å². The Morgan fingerprint density at radius 1 is 1.33 bits per heavy atom.